The minimum Gasteiger partial charge on any atom is -0.445 e. The lowest BCUT2D eigenvalue weighted by atomic mass is 10.0. The molecule has 0 spiro atoms. The number of halogens is 3. The predicted molar refractivity (Wildman–Crippen MR) is 116 cm³/mol. The van der Waals surface area contributed by atoms with E-state index >= 15 is 0 Å². The minimum atomic E-state index is -4.76. The first-order chi connectivity index (χ1) is 16.7. The van der Waals surface area contributed by atoms with E-state index in [1.165, 1.54) is 24.3 Å². The van der Waals surface area contributed by atoms with Crippen molar-refractivity contribution in [2.24, 2.45) is 11.8 Å². The molecule has 0 saturated carbocycles. The first kappa shape index (κ1) is 22.9. The van der Waals surface area contributed by atoms with Crippen LogP contribution in [0.5, 0.6) is 5.75 Å². The number of H-pyrrole nitrogens is 1. The first-order valence-electron chi connectivity index (χ1n) is 11.0. The van der Waals surface area contributed by atoms with Crippen molar-refractivity contribution in [1.82, 2.24) is 25.2 Å². The Morgan fingerprint density at radius 2 is 1.60 bits per heavy atom. The molecule has 0 bridgehead atoms. The summed E-state index contributed by atoms with van der Waals surface area (Å²) in [6, 6.07) is 8.74. The summed E-state index contributed by atoms with van der Waals surface area (Å²) < 4.78 is 45.9. The van der Waals surface area contributed by atoms with Gasteiger partial charge in [0.2, 0.25) is 0 Å². The standard InChI is InChI=1S/C23H22F3N5O4/c1-13-6-19-20(28-29-27-19)7-18(13)21(32)30-8-15-10-31(11-16(15)9-30)22(33)34-12-14-2-4-17(5-3-14)35-23(24,25)26/h2-7,15-16H,8-12H2,1H3,(H,27,28,29). The number of alkyl halides is 3. The second-order valence-corrected chi connectivity index (χ2v) is 8.86. The van der Waals surface area contributed by atoms with Gasteiger partial charge in [0.05, 0.1) is 0 Å². The molecule has 0 aliphatic carbocycles. The van der Waals surface area contributed by atoms with Gasteiger partial charge in [0, 0.05) is 43.6 Å². The molecular weight excluding hydrogens is 467 g/mol. The fraction of sp³-hybridized carbons (Fsp3) is 0.391. The summed E-state index contributed by atoms with van der Waals surface area (Å²) >= 11 is 0. The maximum Gasteiger partial charge on any atom is 0.573 e. The van der Waals surface area contributed by atoms with Crippen LogP contribution in [0, 0.1) is 18.8 Å². The molecule has 12 heteroatoms. The van der Waals surface area contributed by atoms with Gasteiger partial charge in [-0.25, -0.2) is 4.79 Å². The van der Waals surface area contributed by atoms with Gasteiger partial charge < -0.3 is 19.3 Å². The van der Waals surface area contributed by atoms with Gasteiger partial charge in [0.1, 0.15) is 23.4 Å². The number of carbonyl (C=O) groups is 2. The third-order valence-electron chi connectivity index (χ3n) is 6.44. The van der Waals surface area contributed by atoms with E-state index in [1.54, 1.807) is 11.0 Å². The maximum atomic E-state index is 13.1. The number of hydrogen-bond donors (Lipinski definition) is 1. The second kappa shape index (κ2) is 8.75. The lowest BCUT2D eigenvalue weighted by Crippen LogP contribution is -2.36. The number of fused-ring (bicyclic) bond motifs is 2. The molecule has 3 aromatic rings. The molecule has 5 rings (SSSR count). The maximum absolute atomic E-state index is 13.1. The van der Waals surface area contributed by atoms with E-state index in [0.717, 1.165) is 5.56 Å². The quantitative estimate of drug-likeness (QED) is 0.602. The van der Waals surface area contributed by atoms with E-state index in [0.29, 0.717) is 48.3 Å². The van der Waals surface area contributed by atoms with E-state index in [9.17, 15) is 22.8 Å². The molecule has 2 unspecified atom stereocenters. The van der Waals surface area contributed by atoms with Crippen LogP contribution >= 0.6 is 0 Å². The monoisotopic (exact) mass is 489 g/mol. The number of hydrogen-bond acceptors (Lipinski definition) is 6. The van der Waals surface area contributed by atoms with Crippen molar-refractivity contribution in [3.05, 3.63) is 53.1 Å². The number of nitrogens with zero attached hydrogens (tertiary/aromatic N) is 4. The Bertz CT molecular complexity index is 1250. The van der Waals surface area contributed by atoms with Gasteiger partial charge in [-0.3, -0.25) is 4.79 Å². The number of likely N-dealkylation sites (tertiary alicyclic amines) is 2. The van der Waals surface area contributed by atoms with Gasteiger partial charge in [-0.05, 0) is 42.3 Å². The second-order valence-electron chi connectivity index (χ2n) is 8.86. The Morgan fingerprint density at radius 1 is 1.00 bits per heavy atom. The van der Waals surface area contributed by atoms with Gasteiger partial charge in [-0.2, -0.15) is 15.4 Å². The molecule has 3 heterocycles. The van der Waals surface area contributed by atoms with Crippen molar-refractivity contribution in [2.75, 3.05) is 26.2 Å². The Labute approximate surface area is 197 Å². The fourth-order valence-corrected chi connectivity index (χ4v) is 4.73. The molecule has 1 aromatic heterocycles. The third-order valence-corrected chi connectivity index (χ3v) is 6.44. The number of aromatic nitrogens is 3. The Balaban J connectivity index is 1.13. The molecular formula is C23H22F3N5O4. The van der Waals surface area contributed by atoms with Crippen LogP contribution < -0.4 is 4.74 Å². The average Bonchev–Trinajstić information content (AvgIpc) is 3.51. The zero-order valence-electron chi connectivity index (χ0n) is 18.7. The summed E-state index contributed by atoms with van der Waals surface area (Å²) in [4.78, 5) is 29.1. The number of aromatic amines is 1. The Morgan fingerprint density at radius 3 is 2.23 bits per heavy atom. The largest absolute Gasteiger partial charge is 0.573 e. The van der Waals surface area contributed by atoms with Crippen molar-refractivity contribution in [2.45, 2.75) is 19.9 Å². The van der Waals surface area contributed by atoms with Crippen LogP contribution in [-0.4, -0.2) is 69.8 Å². The molecule has 2 atom stereocenters. The Kier molecular flexibility index (Phi) is 5.73. The highest BCUT2D eigenvalue weighted by Crippen LogP contribution is 2.33. The molecule has 9 nitrogen and oxygen atoms in total. The number of benzene rings is 2. The van der Waals surface area contributed by atoms with Crippen LogP contribution in [0.2, 0.25) is 0 Å². The van der Waals surface area contributed by atoms with Gasteiger partial charge in [0.15, 0.2) is 0 Å². The van der Waals surface area contributed by atoms with E-state index < -0.39 is 12.5 Å². The van der Waals surface area contributed by atoms with Crippen LogP contribution in [-0.2, 0) is 11.3 Å². The smallest absolute Gasteiger partial charge is 0.445 e. The molecule has 0 radical (unpaired) electrons. The molecule has 2 aliphatic heterocycles. The molecule has 2 fully saturated rings. The van der Waals surface area contributed by atoms with Crippen LogP contribution in [0.15, 0.2) is 36.4 Å². The van der Waals surface area contributed by atoms with E-state index in [-0.39, 0.29) is 30.1 Å². The zero-order valence-corrected chi connectivity index (χ0v) is 18.7. The minimum absolute atomic E-state index is 0.0612. The van der Waals surface area contributed by atoms with E-state index in [4.69, 9.17) is 4.74 Å². The van der Waals surface area contributed by atoms with Crippen LogP contribution in [0.3, 0.4) is 0 Å². The van der Waals surface area contributed by atoms with Crippen LogP contribution in [0.25, 0.3) is 11.0 Å². The van der Waals surface area contributed by atoms with Gasteiger partial charge in [-0.1, -0.05) is 12.1 Å². The van der Waals surface area contributed by atoms with Crippen molar-refractivity contribution in [3.63, 3.8) is 0 Å². The number of carbonyl (C=O) groups excluding carboxylic acids is 2. The van der Waals surface area contributed by atoms with Gasteiger partial charge in [0.25, 0.3) is 5.91 Å². The Hall–Kier alpha value is -3.83. The first-order valence-corrected chi connectivity index (χ1v) is 11.0. The lowest BCUT2D eigenvalue weighted by molar-refractivity contribution is -0.274. The molecule has 184 valence electrons. The summed E-state index contributed by atoms with van der Waals surface area (Å²) in [6.45, 7) is 3.85. The lowest BCUT2D eigenvalue weighted by Gasteiger charge is -2.22. The summed E-state index contributed by atoms with van der Waals surface area (Å²) in [5, 5.41) is 10.7. The highest BCUT2D eigenvalue weighted by Gasteiger charge is 2.43. The normalized spacial score (nSPS) is 19.8. The highest BCUT2D eigenvalue weighted by molar-refractivity contribution is 5.99. The average molecular weight is 489 g/mol. The van der Waals surface area contributed by atoms with E-state index in [2.05, 4.69) is 20.1 Å². The topological polar surface area (TPSA) is 101 Å². The number of rotatable bonds is 4. The molecule has 1 N–H and O–H groups in total. The summed E-state index contributed by atoms with van der Waals surface area (Å²) in [7, 11) is 0. The van der Waals surface area contributed by atoms with Crippen molar-refractivity contribution in [3.8, 4) is 5.75 Å². The molecule has 2 aromatic carbocycles. The van der Waals surface area contributed by atoms with Crippen molar-refractivity contribution >= 4 is 23.0 Å². The van der Waals surface area contributed by atoms with Crippen LogP contribution in [0.1, 0.15) is 21.5 Å². The number of ether oxygens (including phenoxy) is 2. The van der Waals surface area contributed by atoms with Crippen molar-refractivity contribution < 1.29 is 32.2 Å². The summed E-state index contributed by atoms with van der Waals surface area (Å²) in [5.41, 5.74) is 3.31. The van der Waals surface area contributed by atoms with Gasteiger partial charge >= 0.3 is 12.5 Å². The highest BCUT2D eigenvalue weighted by atomic mass is 19.4. The number of nitrogens with one attached hydrogen (secondary N) is 1. The summed E-state index contributed by atoms with van der Waals surface area (Å²) in [6.07, 6.45) is -5.24. The SMILES string of the molecule is Cc1cc2n[nH]nc2cc1C(=O)N1CC2CN(C(=O)OCc3ccc(OC(F)(F)F)cc3)CC2C1. The third kappa shape index (κ3) is 4.86. The van der Waals surface area contributed by atoms with Crippen LogP contribution in [0.4, 0.5) is 18.0 Å². The molecule has 2 amide bonds. The summed E-state index contributed by atoms with van der Waals surface area (Å²) in [5.74, 6) is -0.0909. The predicted octanol–water partition coefficient (Wildman–Crippen LogP) is 3.51. The molecule has 35 heavy (non-hydrogen) atoms. The number of amides is 2. The van der Waals surface area contributed by atoms with Gasteiger partial charge in [-0.15, -0.1) is 13.2 Å². The van der Waals surface area contributed by atoms with Crippen molar-refractivity contribution in [1.29, 1.82) is 0 Å². The van der Waals surface area contributed by atoms with E-state index in [1.807, 2.05) is 17.9 Å². The fourth-order valence-electron chi connectivity index (χ4n) is 4.73. The molecule has 2 aliphatic rings. The number of aryl methyl sites for hydroxylation is 1. The zero-order chi connectivity index (χ0) is 24.7. The molecule has 2 saturated heterocycles.